The van der Waals surface area contributed by atoms with Crippen LogP contribution in [0.4, 0.5) is 14.6 Å². The van der Waals surface area contributed by atoms with Crippen molar-refractivity contribution in [2.24, 2.45) is 0 Å². The summed E-state index contributed by atoms with van der Waals surface area (Å²) < 4.78 is 40.2. The molecule has 3 heterocycles. The number of aromatic nitrogens is 5. The molecule has 0 aliphatic carbocycles. The summed E-state index contributed by atoms with van der Waals surface area (Å²) in [6.45, 7) is 6.31. The van der Waals surface area contributed by atoms with Gasteiger partial charge in [0.1, 0.15) is 24.1 Å². The van der Waals surface area contributed by atoms with Crippen LogP contribution >= 0.6 is 0 Å². The van der Waals surface area contributed by atoms with E-state index in [1.807, 2.05) is 0 Å². The van der Waals surface area contributed by atoms with Crippen LogP contribution in [0, 0.1) is 11.6 Å². The quantitative estimate of drug-likeness (QED) is 0.280. The van der Waals surface area contributed by atoms with E-state index in [1.54, 1.807) is 48.2 Å². The highest BCUT2D eigenvalue weighted by atomic mass is 19.1. The van der Waals surface area contributed by atoms with Gasteiger partial charge in [0.2, 0.25) is 0 Å². The highest BCUT2D eigenvalue weighted by Crippen LogP contribution is 2.28. The van der Waals surface area contributed by atoms with Gasteiger partial charge in [-0.05, 0) is 19.1 Å². The average Bonchev–Trinajstić information content (AvgIpc) is 3.23. The van der Waals surface area contributed by atoms with Crippen LogP contribution in [0.15, 0.2) is 61.6 Å². The van der Waals surface area contributed by atoms with E-state index in [4.69, 9.17) is 9.47 Å². The zero-order chi connectivity index (χ0) is 23.2. The molecule has 0 radical (unpaired) electrons. The Morgan fingerprint density at radius 3 is 2.94 bits per heavy atom. The number of anilines is 1. The molecule has 0 aliphatic rings. The van der Waals surface area contributed by atoms with Gasteiger partial charge < -0.3 is 14.8 Å². The first-order valence-electron chi connectivity index (χ1n) is 10.3. The standard InChI is InChI=1S/C23H22F2N6O2.H2/c1-3-9-32-10-11-33-23-29-20(18-14-27-31-8-4-7-26-22(18)31)13-21(30-23)28-15(2)17-6-5-16(24)12-19(17)25;/h3-8,12-15H,1,9-11H2,2H3,(H,28,29,30);1H/t15-;/m0./s1. The molecule has 0 saturated carbocycles. The lowest BCUT2D eigenvalue weighted by molar-refractivity contribution is 0.117. The average molecular weight is 454 g/mol. The third-order valence-electron chi connectivity index (χ3n) is 4.75. The maximum Gasteiger partial charge on any atom is 0.319 e. The van der Waals surface area contributed by atoms with Crippen molar-refractivity contribution in [1.29, 1.82) is 0 Å². The Morgan fingerprint density at radius 2 is 2.12 bits per heavy atom. The summed E-state index contributed by atoms with van der Waals surface area (Å²) in [6, 6.07) is 6.54. The van der Waals surface area contributed by atoms with Crippen molar-refractivity contribution in [3.8, 4) is 17.3 Å². The molecule has 1 atom stereocenters. The number of halogens is 2. The predicted octanol–water partition coefficient (Wildman–Crippen LogP) is 4.47. The van der Waals surface area contributed by atoms with Gasteiger partial charge in [0, 0.05) is 31.5 Å². The van der Waals surface area contributed by atoms with Gasteiger partial charge in [-0.25, -0.2) is 18.3 Å². The second-order valence-corrected chi connectivity index (χ2v) is 7.11. The van der Waals surface area contributed by atoms with Crippen molar-refractivity contribution in [2.45, 2.75) is 13.0 Å². The van der Waals surface area contributed by atoms with Crippen LogP contribution in [0.3, 0.4) is 0 Å². The number of fused-ring (bicyclic) bond motifs is 1. The summed E-state index contributed by atoms with van der Waals surface area (Å²) in [4.78, 5) is 13.2. The van der Waals surface area contributed by atoms with E-state index >= 15 is 0 Å². The molecule has 8 nitrogen and oxygen atoms in total. The minimum absolute atomic E-state index is 0. The molecular weight excluding hydrogens is 430 g/mol. The maximum absolute atomic E-state index is 14.3. The van der Waals surface area contributed by atoms with E-state index in [0.29, 0.717) is 41.5 Å². The fraction of sp³-hybridized carbons (Fsp3) is 0.217. The summed E-state index contributed by atoms with van der Waals surface area (Å²) in [7, 11) is 0. The minimum Gasteiger partial charge on any atom is -0.461 e. The van der Waals surface area contributed by atoms with E-state index in [-0.39, 0.29) is 14.0 Å². The van der Waals surface area contributed by atoms with E-state index in [9.17, 15) is 8.78 Å². The zero-order valence-corrected chi connectivity index (χ0v) is 17.9. The predicted molar refractivity (Wildman–Crippen MR) is 121 cm³/mol. The van der Waals surface area contributed by atoms with E-state index in [2.05, 4.69) is 31.9 Å². The van der Waals surface area contributed by atoms with Crippen molar-refractivity contribution in [2.75, 3.05) is 25.1 Å². The summed E-state index contributed by atoms with van der Waals surface area (Å²) in [5.41, 5.74) is 2.11. The Morgan fingerprint density at radius 1 is 1.24 bits per heavy atom. The van der Waals surface area contributed by atoms with Gasteiger partial charge in [-0.3, -0.25) is 0 Å². The fourth-order valence-electron chi connectivity index (χ4n) is 3.22. The number of benzene rings is 1. The molecule has 4 rings (SSSR count). The molecule has 10 heteroatoms. The SMILES string of the molecule is C=CCOCCOc1nc(N[C@@H](C)c2ccc(F)cc2F)cc(-c2cnn3cccnc23)n1.[HH]. The molecular formula is C23H24F2N6O2. The number of rotatable bonds is 10. The summed E-state index contributed by atoms with van der Waals surface area (Å²) in [5.74, 6) is -0.886. The molecule has 1 N–H and O–H groups in total. The highest BCUT2D eigenvalue weighted by Gasteiger charge is 2.17. The van der Waals surface area contributed by atoms with Crippen molar-refractivity contribution in [3.05, 3.63) is 78.8 Å². The molecule has 0 bridgehead atoms. The first-order chi connectivity index (χ1) is 16.0. The molecule has 0 saturated heterocycles. The first kappa shape index (κ1) is 22.3. The van der Waals surface area contributed by atoms with Crippen molar-refractivity contribution < 1.29 is 19.7 Å². The molecule has 172 valence electrons. The largest absolute Gasteiger partial charge is 0.461 e. The lowest BCUT2D eigenvalue weighted by atomic mass is 10.1. The van der Waals surface area contributed by atoms with Gasteiger partial charge in [0.25, 0.3) is 0 Å². The lowest BCUT2D eigenvalue weighted by Crippen LogP contribution is -2.13. The van der Waals surface area contributed by atoms with E-state index in [0.717, 1.165) is 6.07 Å². The van der Waals surface area contributed by atoms with Gasteiger partial charge in [-0.2, -0.15) is 15.1 Å². The summed E-state index contributed by atoms with van der Waals surface area (Å²) in [6.07, 6.45) is 6.73. The van der Waals surface area contributed by atoms with Gasteiger partial charge in [0.05, 0.1) is 36.7 Å². The maximum atomic E-state index is 14.3. The van der Waals surface area contributed by atoms with Crippen LogP contribution in [0.2, 0.25) is 0 Å². The van der Waals surface area contributed by atoms with Gasteiger partial charge in [0.15, 0.2) is 5.65 Å². The normalized spacial score (nSPS) is 12.0. The molecule has 0 aliphatic heterocycles. The third-order valence-corrected chi connectivity index (χ3v) is 4.75. The van der Waals surface area contributed by atoms with Gasteiger partial charge >= 0.3 is 6.01 Å². The topological polar surface area (TPSA) is 86.5 Å². The molecule has 3 aromatic heterocycles. The zero-order valence-electron chi connectivity index (χ0n) is 17.9. The molecule has 0 unspecified atom stereocenters. The number of hydrogen-bond donors (Lipinski definition) is 1. The molecule has 4 aromatic rings. The Labute approximate surface area is 190 Å². The van der Waals surface area contributed by atoms with Crippen LogP contribution in [0.5, 0.6) is 6.01 Å². The third kappa shape index (κ3) is 5.29. The number of nitrogens with one attached hydrogen (secondary N) is 1. The van der Waals surface area contributed by atoms with Crippen molar-refractivity contribution >= 4 is 11.5 Å². The number of nitrogens with zero attached hydrogens (tertiary/aromatic N) is 5. The van der Waals surface area contributed by atoms with Crippen LogP contribution in [-0.2, 0) is 4.74 Å². The van der Waals surface area contributed by atoms with Crippen LogP contribution in [0.1, 0.15) is 20.0 Å². The fourth-order valence-corrected chi connectivity index (χ4v) is 3.22. The molecule has 0 amide bonds. The Bertz CT molecular complexity index is 1270. The Hall–Kier alpha value is -3.92. The highest BCUT2D eigenvalue weighted by molar-refractivity contribution is 5.75. The molecule has 0 spiro atoms. The second kappa shape index (κ2) is 10.1. The van der Waals surface area contributed by atoms with Gasteiger partial charge in [-0.15, -0.1) is 6.58 Å². The van der Waals surface area contributed by atoms with Crippen molar-refractivity contribution in [1.82, 2.24) is 24.6 Å². The summed E-state index contributed by atoms with van der Waals surface area (Å²) in [5, 5.41) is 7.43. The van der Waals surface area contributed by atoms with Crippen LogP contribution in [0.25, 0.3) is 16.9 Å². The number of hydrogen-bond acceptors (Lipinski definition) is 7. The summed E-state index contributed by atoms with van der Waals surface area (Å²) >= 11 is 0. The van der Waals surface area contributed by atoms with E-state index < -0.39 is 17.7 Å². The van der Waals surface area contributed by atoms with Crippen LogP contribution in [-0.4, -0.2) is 44.4 Å². The smallest absolute Gasteiger partial charge is 0.319 e. The van der Waals surface area contributed by atoms with Gasteiger partial charge in [-0.1, -0.05) is 12.1 Å². The molecule has 33 heavy (non-hydrogen) atoms. The molecule has 1 aromatic carbocycles. The molecule has 0 fully saturated rings. The number of ether oxygens (including phenoxy) is 2. The monoisotopic (exact) mass is 454 g/mol. The Kier molecular flexibility index (Phi) is 6.84. The lowest BCUT2D eigenvalue weighted by Gasteiger charge is -2.17. The first-order valence-corrected chi connectivity index (χ1v) is 10.3. The van der Waals surface area contributed by atoms with Crippen LogP contribution < -0.4 is 10.1 Å². The van der Waals surface area contributed by atoms with Crippen molar-refractivity contribution in [3.63, 3.8) is 0 Å². The van der Waals surface area contributed by atoms with E-state index in [1.165, 1.54) is 12.1 Å². The minimum atomic E-state index is -0.646. The Balaban J connectivity index is 0.00000324. The second-order valence-electron chi connectivity index (χ2n) is 7.11.